The maximum absolute atomic E-state index is 12.4. The summed E-state index contributed by atoms with van der Waals surface area (Å²) in [5, 5.41) is 11.7. The third kappa shape index (κ3) is 4.64. The number of amides is 1. The lowest BCUT2D eigenvalue weighted by Gasteiger charge is -2.18. The van der Waals surface area contributed by atoms with E-state index in [9.17, 15) is 9.59 Å². The van der Waals surface area contributed by atoms with E-state index in [4.69, 9.17) is 14.7 Å². The Labute approximate surface area is 157 Å². The number of fused-ring (bicyclic) bond motifs is 1. The maximum atomic E-state index is 12.4. The van der Waals surface area contributed by atoms with Crippen molar-refractivity contribution in [1.29, 1.82) is 5.26 Å². The molecule has 1 N–H and O–H groups in total. The van der Waals surface area contributed by atoms with Crippen molar-refractivity contribution in [3.63, 3.8) is 0 Å². The highest BCUT2D eigenvalue weighted by atomic mass is 16.6. The van der Waals surface area contributed by atoms with Gasteiger partial charge in [-0.2, -0.15) is 5.26 Å². The second-order valence-corrected chi connectivity index (χ2v) is 6.30. The van der Waals surface area contributed by atoms with Crippen LogP contribution in [0.1, 0.15) is 47.3 Å². The van der Waals surface area contributed by atoms with Gasteiger partial charge in [-0.05, 0) is 42.8 Å². The molecule has 0 spiro atoms. The van der Waals surface area contributed by atoms with E-state index in [0.29, 0.717) is 35.8 Å². The number of nitrogens with zero attached hydrogens (tertiary/aromatic N) is 1. The van der Waals surface area contributed by atoms with Crippen molar-refractivity contribution in [1.82, 2.24) is 5.32 Å². The van der Waals surface area contributed by atoms with Crippen molar-refractivity contribution < 1.29 is 19.1 Å². The first-order chi connectivity index (χ1) is 13.1. The van der Waals surface area contributed by atoms with Crippen LogP contribution in [0.15, 0.2) is 42.5 Å². The smallest absolute Gasteiger partial charge is 0.220 e. The number of Topliss-reactive ketones (excluding diaryl/α,β-unsaturated/α-hetero) is 1. The highest BCUT2D eigenvalue weighted by Crippen LogP contribution is 2.31. The maximum Gasteiger partial charge on any atom is 0.220 e. The van der Waals surface area contributed by atoms with Crippen LogP contribution in [-0.4, -0.2) is 24.9 Å². The number of hydrogen-bond donors (Lipinski definition) is 1. The molecule has 3 rings (SSSR count). The van der Waals surface area contributed by atoms with Gasteiger partial charge in [0.1, 0.15) is 13.2 Å². The topological polar surface area (TPSA) is 88.4 Å². The second-order valence-electron chi connectivity index (χ2n) is 6.30. The highest BCUT2D eigenvalue weighted by molar-refractivity contribution is 5.98. The summed E-state index contributed by atoms with van der Waals surface area (Å²) in [6.07, 6.45) is 0.222. The molecule has 0 radical (unpaired) electrons. The molecule has 27 heavy (non-hydrogen) atoms. The normalized spacial score (nSPS) is 13.3. The van der Waals surface area contributed by atoms with Gasteiger partial charge in [0.25, 0.3) is 0 Å². The molecule has 1 aliphatic rings. The van der Waals surface area contributed by atoms with Gasteiger partial charge >= 0.3 is 0 Å². The van der Waals surface area contributed by atoms with E-state index in [2.05, 4.69) is 11.4 Å². The lowest BCUT2D eigenvalue weighted by Crippen LogP contribution is -2.27. The largest absolute Gasteiger partial charge is 0.486 e. The van der Waals surface area contributed by atoms with Crippen LogP contribution in [-0.2, 0) is 4.79 Å². The molecule has 2 aromatic carbocycles. The van der Waals surface area contributed by atoms with E-state index in [0.717, 1.165) is 5.56 Å². The van der Waals surface area contributed by atoms with Gasteiger partial charge in [-0.25, -0.2) is 0 Å². The molecule has 1 unspecified atom stereocenters. The average molecular weight is 364 g/mol. The standard InChI is InChI=1S/C21H20N2O4/c1-14(16-4-2-15(13-22)3-5-16)23-21(25)9-7-18(24)17-6-8-19-20(12-17)27-11-10-26-19/h2-6,8,12,14H,7,9-11H2,1H3,(H,23,25). The first-order valence-electron chi connectivity index (χ1n) is 8.79. The zero-order valence-corrected chi connectivity index (χ0v) is 15.0. The summed E-state index contributed by atoms with van der Waals surface area (Å²) in [6, 6.07) is 14.0. The summed E-state index contributed by atoms with van der Waals surface area (Å²) >= 11 is 0. The zero-order chi connectivity index (χ0) is 19.2. The molecule has 0 bridgehead atoms. The Morgan fingerprint density at radius 1 is 1.07 bits per heavy atom. The summed E-state index contributed by atoms with van der Waals surface area (Å²) in [4.78, 5) is 24.5. The van der Waals surface area contributed by atoms with Gasteiger partial charge < -0.3 is 14.8 Å². The van der Waals surface area contributed by atoms with Gasteiger partial charge in [-0.3, -0.25) is 9.59 Å². The molecule has 0 aromatic heterocycles. The van der Waals surface area contributed by atoms with E-state index in [1.807, 2.05) is 19.1 Å². The predicted molar refractivity (Wildman–Crippen MR) is 98.7 cm³/mol. The third-order valence-corrected chi connectivity index (χ3v) is 4.36. The Morgan fingerprint density at radius 3 is 2.48 bits per heavy atom. The summed E-state index contributed by atoms with van der Waals surface area (Å²) in [5.74, 6) is 0.878. The van der Waals surface area contributed by atoms with Crippen LogP contribution in [0.4, 0.5) is 0 Å². The molecule has 6 heteroatoms. The van der Waals surface area contributed by atoms with Crippen molar-refractivity contribution >= 4 is 11.7 Å². The predicted octanol–water partition coefficient (Wildman–Crippen LogP) is 3.17. The lowest BCUT2D eigenvalue weighted by atomic mass is 10.0. The first-order valence-corrected chi connectivity index (χ1v) is 8.79. The highest BCUT2D eigenvalue weighted by Gasteiger charge is 2.16. The van der Waals surface area contributed by atoms with Crippen LogP contribution in [0.25, 0.3) is 0 Å². The van der Waals surface area contributed by atoms with Crippen molar-refractivity contribution in [2.75, 3.05) is 13.2 Å². The fraction of sp³-hybridized carbons (Fsp3) is 0.286. The van der Waals surface area contributed by atoms with Gasteiger partial charge in [0.15, 0.2) is 17.3 Å². The van der Waals surface area contributed by atoms with E-state index >= 15 is 0 Å². The van der Waals surface area contributed by atoms with Crippen LogP contribution in [0.2, 0.25) is 0 Å². The van der Waals surface area contributed by atoms with Gasteiger partial charge in [0, 0.05) is 18.4 Å². The van der Waals surface area contributed by atoms with Gasteiger partial charge in [0.2, 0.25) is 5.91 Å². The van der Waals surface area contributed by atoms with Crippen LogP contribution >= 0.6 is 0 Å². The molecule has 138 valence electrons. The number of nitrogens with one attached hydrogen (secondary N) is 1. The number of nitriles is 1. The Morgan fingerprint density at radius 2 is 1.78 bits per heavy atom. The van der Waals surface area contributed by atoms with E-state index < -0.39 is 0 Å². The average Bonchev–Trinajstić information content (AvgIpc) is 2.71. The number of rotatable bonds is 6. The fourth-order valence-corrected chi connectivity index (χ4v) is 2.83. The summed E-state index contributed by atoms with van der Waals surface area (Å²) in [5.41, 5.74) is 1.98. The Kier molecular flexibility index (Phi) is 5.72. The van der Waals surface area contributed by atoms with Crippen molar-refractivity contribution in [3.05, 3.63) is 59.2 Å². The quantitative estimate of drug-likeness (QED) is 0.796. The first kappa shape index (κ1) is 18.5. The number of ketones is 1. The fourth-order valence-electron chi connectivity index (χ4n) is 2.83. The van der Waals surface area contributed by atoms with E-state index in [1.165, 1.54) is 0 Å². The molecule has 1 atom stereocenters. The van der Waals surface area contributed by atoms with Gasteiger partial charge in [0.05, 0.1) is 17.7 Å². The van der Waals surface area contributed by atoms with E-state index in [-0.39, 0.29) is 30.6 Å². The monoisotopic (exact) mass is 364 g/mol. The van der Waals surface area contributed by atoms with Crippen LogP contribution in [0.3, 0.4) is 0 Å². The minimum Gasteiger partial charge on any atom is -0.486 e. The summed E-state index contributed by atoms with van der Waals surface area (Å²) in [7, 11) is 0. The van der Waals surface area contributed by atoms with Crippen molar-refractivity contribution in [3.8, 4) is 17.6 Å². The summed E-state index contributed by atoms with van der Waals surface area (Å²) in [6.45, 7) is 2.82. The Balaban J connectivity index is 1.52. The zero-order valence-electron chi connectivity index (χ0n) is 15.0. The molecule has 2 aromatic rings. The molecule has 0 fully saturated rings. The molecule has 1 heterocycles. The molecule has 1 amide bonds. The number of ether oxygens (including phenoxy) is 2. The van der Waals surface area contributed by atoms with Crippen molar-refractivity contribution in [2.24, 2.45) is 0 Å². The number of carbonyl (C=O) groups excluding carboxylic acids is 2. The van der Waals surface area contributed by atoms with Crippen LogP contribution in [0, 0.1) is 11.3 Å². The Hall–Kier alpha value is -3.33. The molecular formula is C21H20N2O4. The van der Waals surface area contributed by atoms with Gasteiger partial charge in [-0.15, -0.1) is 0 Å². The molecular weight excluding hydrogens is 344 g/mol. The SMILES string of the molecule is CC(NC(=O)CCC(=O)c1ccc2c(c1)OCCO2)c1ccc(C#N)cc1. The molecule has 1 aliphatic heterocycles. The Bertz CT molecular complexity index is 884. The summed E-state index contributed by atoms with van der Waals surface area (Å²) < 4.78 is 10.9. The second kappa shape index (κ2) is 8.37. The van der Waals surface area contributed by atoms with Gasteiger partial charge in [-0.1, -0.05) is 12.1 Å². The lowest BCUT2D eigenvalue weighted by molar-refractivity contribution is -0.121. The minimum absolute atomic E-state index is 0.105. The number of benzene rings is 2. The molecule has 0 aliphatic carbocycles. The third-order valence-electron chi connectivity index (χ3n) is 4.36. The van der Waals surface area contributed by atoms with E-state index in [1.54, 1.807) is 30.3 Å². The number of carbonyl (C=O) groups is 2. The molecule has 0 saturated heterocycles. The van der Waals surface area contributed by atoms with Crippen LogP contribution < -0.4 is 14.8 Å². The van der Waals surface area contributed by atoms with Crippen molar-refractivity contribution in [2.45, 2.75) is 25.8 Å². The number of hydrogen-bond acceptors (Lipinski definition) is 5. The van der Waals surface area contributed by atoms with Crippen LogP contribution in [0.5, 0.6) is 11.5 Å². The molecule has 0 saturated carbocycles. The minimum atomic E-state index is -0.199. The molecule has 6 nitrogen and oxygen atoms in total.